The van der Waals surface area contributed by atoms with E-state index in [1.807, 2.05) is 44.2 Å². The van der Waals surface area contributed by atoms with E-state index in [1.54, 1.807) is 17.5 Å². The number of nitrogens with two attached hydrogens (primary N) is 4. The smallest absolute Gasteiger partial charge is 0.217 e. The minimum atomic E-state index is -0.0584. The Morgan fingerprint density at radius 1 is 1.17 bits per heavy atom. The predicted octanol–water partition coefficient (Wildman–Crippen LogP) is 1.22. The first kappa shape index (κ1) is 32.9. The molecule has 0 spiro atoms. The van der Waals surface area contributed by atoms with Gasteiger partial charge in [-0.15, -0.1) is 0 Å². The second kappa shape index (κ2) is 23.5. The van der Waals surface area contributed by atoms with Crippen molar-refractivity contribution in [2.75, 3.05) is 33.6 Å². The molecule has 1 saturated heterocycles. The number of allylic oxidation sites excluding steroid dienone is 1. The van der Waals surface area contributed by atoms with Gasteiger partial charge in [0.2, 0.25) is 5.91 Å². The summed E-state index contributed by atoms with van der Waals surface area (Å²) in [6.45, 7) is 6.55. The first-order valence-electron chi connectivity index (χ1n) is 10.0. The van der Waals surface area contributed by atoms with E-state index in [0.29, 0.717) is 25.3 Å². The molecule has 9 N–H and O–H groups in total. The molecule has 176 valence electrons. The molecule has 1 fully saturated rings. The second-order valence-electron chi connectivity index (χ2n) is 5.64. The third-order valence-electron chi connectivity index (χ3n) is 3.58. The van der Waals surface area contributed by atoms with Crippen LogP contribution in [0.2, 0.25) is 0 Å². The molecule has 9 heteroatoms. The van der Waals surface area contributed by atoms with Crippen LogP contribution in [-0.2, 0) is 16.0 Å². The lowest BCUT2D eigenvalue weighted by molar-refractivity contribution is -0.121. The Bertz CT molecular complexity index is 531. The molecule has 30 heavy (non-hydrogen) atoms. The van der Waals surface area contributed by atoms with Gasteiger partial charge >= 0.3 is 0 Å². The number of hydrogen-bond donors (Lipinski definition) is 6. The topological polar surface area (TPSA) is 146 Å². The highest BCUT2D eigenvalue weighted by Crippen LogP contribution is 2.13. The van der Waals surface area contributed by atoms with E-state index < -0.39 is 0 Å². The highest BCUT2D eigenvalue weighted by atomic mass is 32.1. The van der Waals surface area contributed by atoms with Crippen molar-refractivity contribution in [3.63, 3.8) is 0 Å². The number of nitrogens with zero attached hydrogens (tertiary/aromatic N) is 1. The molecule has 2 unspecified atom stereocenters. The number of hydrogen-bond acceptors (Lipinski definition) is 8. The summed E-state index contributed by atoms with van der Waals surface area (Å²) in [7, 11) is 3.00. The molecule has 0 radical (unpaired) electrons. The lowest BCUT2D eigenvalue weighted by atomic mass is 10.1. The van der Waals surface area contributed by atoms with E-state index in [-0.39, 0.29) is 18.0 Å². The summed E-state index contributed by atoms with van der Waals surface area (Å²) in [5.74, 6) is 6.02. The van der Waals surface area contributed by atoms with Crippen LogP contribution in [0.5, 0.6) is 0 Å². The SMILES string of the molecule is CC.CC(=O)NC1COCC(N(N)/C=C(\N)Cc2ccccc2)C1.CN.CN.CS. The van der Waals surface area contributed by atoms with E-state index in [4.69, 9.17) is 16.3 Å². The van der Waals surface area contributed by atoms with Crippen LogP contribution < -0.4 is 28.4 Å². The third-order valence-corrected chi connectivity index (χ3v) is 3.58. The maximum atomic E-state index is 11.1. The van der Waals surface area contributed by atoms with E-state index in [1.165, 1.54) is 21.0 Å². The van der Waals surface area contributed by atoms with Crippen LogP contribution >= 0.6 is 12.6 Å². The van der Waals surface area contributed by atoms with Gasteiger partial charge in [0.15, 0.2) is 0 Å². The van der Waals surface area contributed by atoms with Crippen molar-refractivity contribution in [2.24, 2.45) is 23.0 Å². The van der Waals surface area contributed by atoms with Gasteiger partial charge in [0, 0.05) is 25.2 Å². The average molecular weight is 445 g/mol. The fourth-order valence-electron chi connectivity index (χ4n) is 2.58. The third kappa shape index (κ3) is 16.1. The molecular formula is C21H44N6O2S. The zero-order valence-corrected chi connectivity index (χ0v) is 20.4. The molecule has 2 atom stereocenters. The number of carbonyl (C=O) groups excluding carboxylic acids is 1. The Hall–Kier alpha value is -1.78. The zero-order chi connectivity index (χ0) is 23.9. The number of hydrazine groups is 1. The molecule has 1 amide bonds. The zero-order valence-electron chi connectivity index (χ0n) is 19.5. The minimum absolute atomic E-state index is 0.0000710. The number of ether oxygens (including phenoxy) is 1. The summed E-state index contributed by atoms with van der Waals surface area (Å²) >= 11 is 3.53. The van der Waals surface area contributed by atoms with Gasteiger partial charge in [0.25, 0.3) is 0 Å². The fourth-order valence-corrected chi connectivity index (χ4v) is 2.58. The van der Waals surface area contributed by atoms with Crippen molar-refractivity contribution >= 4 is 18.5 Å². The second-order valence-corrected chi connectivity index (χ2v) is 5.64. The average Bonchev–Trinajstić information content (AvgIpc) is 2.79. The van der Waals surface area contributed by atoms with Crippen molar-refractivity contribution in [3.8, 4) is 0 Å². The van der Waals surface area contributed by atoms with E-state index in [2.05, 4.69) is 29.4 Å². The highest BCUT2D eigenvalue weighted by molar-refractivity contribution is 7.79. The van der Waals surface area contributed by atoms with E-state index in [0.717, 1.165) is 12.0 Å². The van der Waals surface area contributed by atoms with Gasteiger partial charge in [-0.1, -0.05) is 44.2 Å². The van der Waals surface area contributed by atoms with Crippen molar-refractivity contribution in [2.45, 2.75) is 45.7 Å². The van der Waals surface area contributed by atoms with Gasteiger partial charge in [0.1, 0.15) is 0 Å². The monoisotopic (exact) mass is 444 g/mol. The summed E-state index contributed by atoms with van der Waals surface area (Å²) in [5, 5.41) is 4.45. The molecular weight excluding hydrogens is 400 g/mol. The first-order valence-corrected chi connectivity index (χ1v) is 10.9. The number of amides is 1. The Morgan fingerprint density at radius 3 is 2.20 bits per heavy atom. The molecule has 0 bridgehead atoms. The quantitative estimate of drug-likeness (QED) is 0.227. The maximum Gasteiger partial charge on any atom is 0.217 e. The van der Waals surface area contributed by atoms with Gasteiger partial charge in [-0.25, -0.2) is 5.84 Å². The van der Waals surface area contributed by atoms with Crippen LogP contribution in [0, 0.1) is 0 Å². The van der Waals surface area contributed by atoms with Crippen LogP contribution in [0.3, 0.4) is 0 Å². The summed E-state index contributed by atoms with van der Waals surface area (Å²) in [4.78, 5) is 11.1. The van der Waals surface area contributed by atoms with Crippen LogP contribution in [0.25, 0.3) is 0 Å². The molecule has 1 aliphatic heterocycles. The van der Waals surface area contributed by atoms with E-state index >= 15 is 0 Å². The molecule has 0 aromatic heterocycles. The Labute approximate surface area is 188 Å². The summed E-state index contributed by atoms with van der Waals surface area (Å²) in [6, 6.07) is 9.98. The van der Waals surface area contributed by atoms with Crippen molar-refractivity contribution in [1.29, 1.82) is 0 Å². The molecule has 0 aliphatic carbocycles. The van der Waals surface area contributed by atoms with Crippen molar-refractivity contribution in [1.82, 2.24) is 10.3 Å². The van der Waals surface area contributed by atoms with Crippen LogP contribution in [0.1, 0.15) is 32.8 Å². The van der Waals surface area contributed by atoms with Gasteiger partial charge in [-0.05, 0) is 32.3 Å². The Kier molecular flexibility index (Phi) is 25.7. The minimum Gasteiger partial charge on any atom is -0.401 e. The fraction of sp³-hybridized carbons (Fsp3) is 0.571. The van der Waals surface area contributed by atoms with Gasteiger partial charge < -0.3 is 32.3 Å². The van der Waals surface area contributed by atoms with Crippen molar-refractivity contribution in [3.05, 3.63) is 47.8 Å². The molecule has 1 aliphatic rings. The first-order chi connectivity index (χ1) is 14.5. The molecule has 1 aromatic carbocycles. The Balaban J connectivity index is -0.000000815. The molecule has 0 saturated carbocycles. The molecule has 1 aromatic rings. The number of nitrogens with one attached hydrogen (secondary N) is 1. The number of benzene rings is 1. The number of rotatable bonds is 5. The Morgan fingerprint density at radius 2 is 1.70 bits per heavy atom. The maximum absolute atomic E-state index is 11.1. The number of carbonyl (C=O) groups is 1. The van der Waals surface area contributed by atoms with E-state index in [9.17, 15) is 4.79 Å². The largest absolute Gasteiger partial charge is 0.401 e. The van der Waals surface area contributed by atoms with Crippen LogP contribution in [0.15, 0.2) is 42.2 Å². The van der Waals surface area contributed by atoms with Crippen LogP contribution in [0.4, 0.5) is 0 Å². The summed E-state index contributed by atoms with van der Waals surface area (Å²) < 4.78 is 5.51. The standard InChI is InChI=1S/C16H24N4O2.C2H6.2CH5N.CH4S/c1-12(21)19-15-8-16(11-22-10-15)20(18)9-14(17)7-13-5-3-2-4-6-13;4*1-2/h2-6,9,15-16H,7-8,10-11,17-18H2,1H3,(H,19,21);1-2H3;2*2H2,1H3;2H,1H3/b14-9-;;;;. The summed E-state index contributed by atoms with van der Waals surface area (Å²) in [6.07, 6.45) is 4.83. The van der Waals surface area contributed by atoms with Crippen LogP contribution in [-0.4, -0.2) is 56.6 Å². The van der Waals surface area contributed by atoms with Gasteiger partial charge in [-0.2, -0.15) is 12.6 Å². The van der Waals surface area contributed by atoms with Gasteiger partial charge in [0.05, 0.1) is 25.3 Å². The molecule has 1 heterocycles. The highest BCUT2D eigenvalue weighted by Gasteiger charge is 2.25. The normalized spacial score (nSPS) is 17.1. The number of thiol groups is 1. The lowest BCUT2D eigenvalue weighted by Crippen LogP contribution is -2.51. The molecule has 2 rings (SSSR count). The molecule has 8 nitrogen and oxygen atoms in total. The summed E-state index contributed by atoms with van der Waals surface area (Å²) in [5.41, 5.74) is 16.9. The van der Waals surface area contributed by atoms with Gasteiger partial charge in [-0.3, -0.25) is 4.79 Å². The lowest BCUT2D eigenvalue weighted by Gasteiger charge is -2.34. The van der Waals surface area contributed by atoms with Crippen molar-refractivity contribution < 1.29 is 9.53 Å². The predicted molar refractivity (Wildman–Crippen MR) is 132 cm³/mol.